The van der Waals surface area contributed by atoms with Crippen LogP contribution < -0.4 is 9.81 Å². The van der Waals surface area contributed by atoms with Crippen molar-refractivity contribution in [2.45, 2.75) is 107 Å². The van der Waals surface area contributed by atoms with E-state index in [0.717, 1.165) is 6.42 Å². The molecular weight excluding hydrogens is 727 g/mol. The number of halogens is 2. The van der Waals surface area contributed by atoms with Crippen molar-refractivity contribution < 1.29 is 18.3 Å². The van der Waals surface area contributed by atoms with Gasteiger partial charge in [-0.3, -0.25) is 0 Å². The third kappa shape index (κ3) is 6.27. The van der Waals surface area contributed by atoms with E-state index in [2.05, 4.69) is 175 Å². The second-order valence-corrected chi connectivity index (χ2v) is 31.1. The van der Waals surface area contributed by atoms with E-state index in [0.29, 0.717) is 0 Å². The molecule has 266 valence electrons. The van der Waals surface area contributed by atoms with E-state index in [1.165, 1.54) is 65.5 Å². The molecule has 2 aliphatic carbocycles. The summed E-state index contributed by atoms with van der Waals surface area (Å²) in [5.41, 5.74) is 14.2. The van der Waals surface area contributed by atoms with E-state index in [9.17, 15) is 0 Å². The van der Waals surface area contributed by atoms with Gasteiger partial charge in [-0.15, -0.1) is 24.8 Å². The molecule has 4 aromatic rings. The van der Waals surface area contributed by atoms with Crippen molar-refractivity contribution in [3.05, 3.63) is 133 Å². The molecule has 0 spiro atoms. The molecule has 0 aromatic heterocycles. The first-order chi connectivity index (χ1) is 22.2. The molecule has 0 bridgehead atoms. The van der Waals surface area contributed by atoms with Gasteiger partial charge in [-0.25, -0.2) is 0 Å². The van der Waals surface area contributed by atoms with Crippen LogP contribution in [0.3, 0.4) is 0 Å². The number of benzene rings is 4. The van der Waals surface area contributed by atoms with Crippen LogP contribution in [-0.4, -0.2) is 4.21 Å². The molecule has 0 radical (unpaired) electrons. The van der Waals surface area contributed by atoms with Crippen LogP contribution in [0.15, 0.2) is 99.4 Å². The number of aryl methyl sites for hydroxylation is 2. The Morgan fingerprint density at radius 1 is 0.600 bits per heavy atom. The predicted molar refractivity (Wildman–Crippen MR) is 224 cm³/mol. The monoisotopic (exact) mass is 784 g/mol. The first-order valence-electron chi connectivity index (χ1n) is 18.1. The summed E-state index contributed by atoms with van der Waals surface area (Å²) in [6, 6.07) is 31.7. The van der Waals surface area contributed by atoms with E-state index in [1.807, 2.05) is 0 Å². The standard InChI is InChI=1S/C21H25.C11H17.2C7H7.CH2.2ClH.Zr/c1-20(2,3)16-9-7-14-11-15-8-10-17(21(4,5)6)13-19(15)18(14)12-16;1-8-6-9(2)10(7-8)11(3,4)5;2*1-7-5-3-2-4-6-7;;;;/h7,9-10,12-13H,11H2,1-6H3;7-8H,1-5H3;2*3-6H,1H3;1H2;2*1H;. The van der Waals surface area contributed by atoms with Crippen molar-refractivity contribution in [2.24, 2.45) is 11.3 Å². The van der Waals surface area contributed by atoms with E-state index < -0.39 is 18.3 Å². The summed E-state index contributed by atoms with van der Waals surface area (Å²) in [5.74, 6) is 0.287. The van der Waals surface area contributed by atoms with Crippen molar-refractivity contribution in [3.8, 4) is 11.1 Å². The van der Waals surface area contributed by atoms with Crippen LogP contribution in [0.25, 0.3) is 11.1 Å². The topological polar surface area (TPSA) is 0 Å². The Balaban J connectivity index is 0.00000281. The fraction of sp³-hybridized carbons (Fsp3) is 0.383. The summed E-state index contributed by atoms with van der Waals surface area (Å²) >= 11 is -5.03. The van der Waals surface area contributed by atoms with Crippen molar-refractivity contribution in [1.29, 1.82) is 0 Å². The molecule has 0 heterocycles. The van der Waals surface area contributed by atoms with Gasteiger partial charge in [0.05, 0.1) is 0 Å². The van der Waals surface area contributed by atoms with Crippen LogP contribution in [0.1, 0.15) is 110 Å². The Morgan fingerprint density at radius 2 is 1.08 bits per heavy atom. The average molecular weight is 787 g/mol. The number of hydrogen-bond acceptors (Lipinski definition) is 0. The molecular formula is C47H60Cl2Zr. The maximum absolute atomic E-state index is 5.91. The van der Waals surface area contributed by atoms with Gasteiger partial charge < -0.3 is 0 Å². The van der Waals surface area contributed by atoms with Crippen LogP contribution in [0.4, 0.5) is 0 Å². The molecule has 0 nitrogen and oxygen atoms in total. The number of fused-ring (bicyclic) bond motifs is 3. The zero-order chi connectivity index (χ0) is 35.2. The minimum absolute atomic E-state index is 0. The van der Waals surface area contributed by atoms with Crippen molar-refractivity contribution in [1.82, 2.24) is 0 Å². The Bertz CT molecular complexity index is 2020. The molecule has 0 fully saturated rings. The molecule has 0 amide bonds. The van der Waals surface area contributed by atoms with Crippen molar-refractivity contribution in [2.75, 3.05) is 0 Å². The van der Waals surface area contributed by atoms with Crippen LogP contribution in [0, 0.1) is 25.2 Å². The van der Waals surface area contributed by atoms with Crippen molar-refractivity contribution >= 4 is 38.8 Å². The predicted octanol–water partition coefficient (Wildman–Crippen LogP) is 11.6. The van der Waals surface area contributed by atoms with Gasteiger partial charge in [0.1, 0.15) is 0 Å². The number of rotatable bonds is 4. The molecule has 0 saturated carbocycles. The van der Waals surface area contributed by atoms with Gasteiger partial charge in [0, 0.05) is 0 Å². The van der Waals surface area contributed by atoms with E-state index in [4.69, 9.17) is 4.21 Å². The van der Waals surface area contributed by atoms with E-state index in [1.54, 1.807) is 3.28 Å². The first kappa shape index (κ1) is 40.5. The third-order valence-corrected chi connectivity index (χ3v) is 28.7. The zero-order valence-corrected chi connectivity index (χ0v) is 37.0. The summed E-state index contributed by atoms with van der Waals surface area (Å²) in [7, 11) is 0. The second kappa shape index (κ2) is 13.3. The summed E-state index contributed by atoms with van der Waals surface area (Å²) < 4.78 is 11.9. The van der Waals surface area contributed by atoms with Crippen LogP contribution in [-0.2, 0) is 35.5 Å². The van der Waals surface area contributed by atoms with Gasteiger partial charge >= 0.3 is 295 Å². The van der Waals surface area contributed by atoms with Crippen molar-refractivity contribution in [3.63, 3.8) is 0 Å². The molecule has 2 aliphatic rings. The van der Waals surface area contributed by atoms with Gasteiger partial charge in [-0.05, 0) is 0 Å². The van der Waals surface area contributed by atoms with Gasteiger partial charge in [0.15, 0.2) is 0 Å². The fourth-order valence-electron chi connectivity index (χ4n) is 9.12. The third-order valence-electron chi connectivity index (χ3n) is 11.8. The van der Waals surface area contributed by atoms with Gasteiger partial charge in [0.25, 0.3) is 0 Å². The molecule has 4 aromatic carbocycles. The summed E-state index contributed by atoms with van der Waals surface area (Å²) in [6.07, 6.45) is 3.54. The fourth-order valence-corrected chi connectivity index (χ4v) is 26.5. The molecule has 1 atom stereocenters. The van der Waals surface area contributed by atoms with Gasteiger partial charge in [0.2, 0.25) is 0 Å². The SMILES string of the molecule is Cl.Cl.[CH2]=[Zr]([C]1=C(C)C(C(C)(C)C)=CC1C)([c]1ccc(C)cc1)([c]1ccc(C)cc1)[c]1cc(C(C)(C)C)cc2c1Cc1ccc(C(C)(C)C)cc1-2. The van der Waals surface area contributed by atoms with Gasteiger partial charge in [-0.2, -0.15) is 0 Å². The van der Waals surface area contributed by atoms with E-state index >= 15 is 0 Å². The normalized spacial score (nSPS) is 16.4. The van der Waals surface area contributed by atoms with Crippen LogP contribution in [0.2, 0.25) is 0 Å². The zero-order valence-electron chi connectivity index (χ0n) is 32.9. The number of allylic oxidation sites excluding steroid dienone is 4. The van der Waals surface area contributed by atoms with Crippen LogP contribution >= 0.6 is 24.8 Å². The Hall–Kier alpha value is -2.31. The summed E-state index contributed by atoms with van der Waals surface area (Å²) in [6.45, 7) is 30.6. The molecule has 0 aliphatic heterocycles. The van der Waals surface area contributed by atoms with E-state index in [-0.39, 0.29) is 47.0 Å². The Labute approximate surface area is 317 Å². The minimum atomic E-state index is -5.03. The molecule has 50 heavy (non-hydrogen) atoms. The first-order valence-corrected chi connectivity index (χ1v) is 24.7. The second-order valence-electron chi connectivity index (χ2n) is 18.4. The maximum atomic E-state index is 5.91. The summed E-state index contributed by atoms with van der Waals surface area (Å²) in [4.78, 5) is 0. The average Bonchev–Trinajstić information content (AvgIpc) is 3.52. The Kier molecular flexibility index (Phi) is 10.7. The molecule has 0 saturated heterocycles. The Morgan fingerprint density at radius 3 is 1.52 bits per heavy atom. The molecule has 0 N–H and O–H groups in total. The molecule has 1 unspecified atom stereocenters. The van der Waals surface area contributed by atoms with Crippen LogP contribution in [0.5, 0.6) is 0 Å². The molecule has 3 heteroatoms. The number of hydrogen-bond donors (Lipinski definition) is 0. The quantitative estimate of drug-likeness (QED) is 0.170. The molecule has 6 rings (SSSR count). The summed E-state index contributed by atoms with van der Waals surface area (Å²) in [5, 5.41) is 0. The van der Waals surface area contributed by atoms with Gasteiger partial charge in [-0.1, -0.05) is 0 Å².